The number of aliphatic hydroxyl groups is 1. The van der Waals surface area contributed by atoms with Crippen molar-refractivity contribution in [1.29, 1.82) is 0 Å². The van der Waals surface area contributed by atoms with Crippen molar-refractivity contribution in [3.05, 3.63) is 11.8 Å². The Labute approximate surface area is 167 Å². The fourth-order valence-corrected chi connectivity index (χ4v) is 4.46. The summed E-state index contributed by atoms with van der Waals surface area (Å²) in [4.78, 5) is 14.1. The smallest absolute Gasteiger partial charge is 0.418 e. The summed E-state index contributed by atoms with van der Waals surface area (Å²) in [6.07, 6.45) is 1.10. The summed E-state index contributed by atoms with van der Waals surface area (Å²) in [6.45, 7) is 1.86. The monoisotopic (exact) mass is 432 g/mol. The lowest BCUT2D eigenvalue weighted by Gasteiger charge is -2.34. The number of amides is 2. The van der Waals surface area contributed by atoms with E-state index in [-0.39, 0.29) is 30.3 Å². The topological polar surface area (TPSA) is 170 Å². The molecule has 3 aliphatic rings. The molecule has 0 radical (unpaired) electrons. The van der Waals surface area contributed by atoms with Crippen LogP contribution in [0.4, 0.5) is 4.79 Å². The summed E-state index contributed by atoms with van der Waals surface area (Å²) in [7, 11) is -3.00. The normalized spacial score (nSPS) is 26.4. The summed E-state index contributed by atoms with van der Waals surface area (Å²) in [5, 5.41) is 24.9. The van der Waals surface area contributed by atoms with Crippen molar-refractivity contribution in [3.63, 3.8) is 0 Å². The molecule has 1 aromatic rings. The van der Waals surface area contributed by atoms with Crippen LogP contribution in [-0.2, 0) is 14.7 Å². The summed E-state index contributed by atoms with van der Waals surface area (Å²) >= 11 is 0. The summed E-state index contributed by atoms with van der Waals surface area (Å²) in [5.74, 6) is 0.225. The molecule has 29 heavy (non-hydrogen) atoms. The zero-order valence-corrected chi connectivity index (χ0v) is 16.6. The van der Waals surface area contributed by atoms with Gasteiger partial charge in [-0.2, -0.15) is 13.5 Å². The summed E-state index contributed by atoms with van der Waals surface area (Å²) in [6, 6.07) is -1.71. The van der Waals surface area contributed by atoms with Gasteiger partial charge in [-0.3, -0.25) is 4.55 Å². The van der Waals surface area contributed by atoms with E-state index >= 15 is 0 Å². The maximum atomic E-state index is 12.7. The van der Waals surface area contributed by atoms with E-state index in [1.165, 1.54) is 4.90 Å². The number of piperidine rings is 1. The molecule has 2 bridgehead atoms. The Morgan fingerprint density at radius 2 is 2.14 bits per heavy atom. The van der Waals surface area contributed by atoms with Crippen molar-refractivity contribution in [1.82, 2.24) is 30.8 Å². The Hall–Kier alpha value is -1.84. The standard InChI is InChI=1S/C15H24N6O7S/c1-16-4-5-17-7-10(22)13-19-18-12(27-13)9-6-15(2-3-15)11-8-20(9)14(23)21(11)28-29(24,25)26/h9-11,16-17,22H,2-8H2,1H3,(H,24,25,26)/t9-,10?,11-/m0/s1. The van der Waals surface area contributed by atoms with Crippen molar-refractivity contribution in [2.45, 2.75) is 37.5 Å². The van der Waals surface area contributed by atoms with Crippen LogP contribution in [0.25, 0.3) is 0 Å². The lowest BCUT2D eigenvalue weighted by molar-refractivity contribution is -0.0530. The third-order valence-electron chi connectivity index (χ3n) is 5.75. The molecular formula is C15H24N6O7S. The first-order valence-corrected chi connectivity index (χ1v) is 10.7. The Morgan fingerprint density at radius 3 is 2.79 bits per heavy atom. The highest BCUT2D eigenvalue weighted by Crippen LogP contribution is 2.61. The largest absolute Gasteiger partial charge is 0.420 e. The number of nitrogens with zero attached hydrogens (tertiary/aromatic N) is 4. The molecule has 1 aromatic heterocycles. The molecule has 0 aromatic carbocycles. The average molecular weight is 432 g/mol. The van der Waals surface area contributed by atoms with Crippen molar-refractivity contribution in [3.8, 4) is 0 Å². The maximum absolute atomic E-state index is 12.7. The number of aliphatic hydroxyl groups excluding tert-OH is 1. The number of hydrogen-bond donors (Lipinski definition) is 4. The van der Waals surface area contributed by atoms with Crippen LogP contribution < -0.4 is 10.6 Å². The number of aromatic nitrogens is 2. The third-order valence-corrected chi connectivity index (χ3v) is 6.10. The lowest BCUT2D eigenvalue weighted by atomic mass is 9.85. The van der Waals surface area contributed by atoms with Gasteiger partial charge in [0.15, 0.2) is 0 Å². The second-order valence-corrected chi connectivity index (χ2v) is 8.67. The van der Waals surface area contributed by atoms with Crippen LogP contribution in [0.5, 0.6) is 0 Å². The Morgan fingerprint density at radius 1 is 1.38 bits per heavy atom. The van der Waals surface area contributed by atoms with Gasteiger partial charge in [0.1, 0.15) is 12.1 Å². The van der Waals surface area contributed by atoms with E-state index in [0.29, 0.717) is 13.0 Å². The number of likely N-dealkylation sites (N-methyl/N-ethyl adjacent to an activating group) is 1. The molecule has 3 fully saturated rings. The van der Waals surface area contributed by atoms with Crippen molar-refractivity contribution in [2.75, 3.05) is 33.2 Å². The SMILES string of the molecule is CNCCNCC(O)c1nnc([C@@H]2CC3(CC3)[C@@H]3CN2C(=O)N3OS(=O)(=O)O)o1. The number of hydroxylamine groups is 2. The number of carbonyl (C=O) groups excluding carboxylic acids is 1. The van der Waals surface area contributed by atoms with E-state index in [2.05, 4.69) is 25.1 Å². The minimum atomic E-state index is -4.82. The first-order valence-electron chi connectivity index (χ1n) is 9.37. The first-order chi connectivity index (χ1) is 13.7. The molecule has 1 aliphatic carbocycles. The van der Waals surface area contributed by atoms with E-state index in [0.717, 1.165) is 24.4 Å². The maximum Gasteiger partial charge on any atom is 0.418 e. The van der Waals surface area contributed by atoms with Crippen molar-refractivity contribution in [2.24, 2.45) is 5.41 Å². The predicted octanol–water partition coefficient (Wildman–Crippen LogP) is -1.02. The van der Waals surface area contributed by atoms with Gasteiger partial charge in [0.05, 0.1) is 6.04 Å². The molecule has 14 heteroatoms. The van der Waals surface area contributed by atoms with Gasteiger partial charge < -0.3 is 25.1 Å². The molecule has 2 aliphatic heterocycles. The fourth-order valence-electron chi connectivity index (χ4n) is 4.09. The second kappa shape index (κ2) is 7.45. The number of nitrogens with one attached hydrogen (secondary N) is 2. The molecule has 1 spiro atoms. The van der Waals surface area contributed by atoms with Crippen LogP contribution >= 0.6 is 0 Å². The quantitative estimate of drug-likeness (QED) is 0.278. The van der Waals surface area contributed by atoms with Crippen LogP contribution in [-0.4, -0.2) is 83.5 Å². The second-order valence-electron chi connectivity index (χ2n) is 7.66. The Kier molecular flexibility index (Phi) is 5.25. The average Bonchev–Trinajstić information content (AvgIpc) is 3.14. The molecule has 3 atom stereocenters. The van der Waals surface area contributed by atoms with Crippen LogP contribution in [0.15, 0.2) is 4.42 Å². The molecule has 1 unspecified atom stereocenters. The number of fused-ring (bicyclic) bond motifs is 3. The fraction of sp³-hybridized carbons (Fsp3) is 0.800. The minimum Gasteiger partial charge on any atom is -0.420 e. The van der Waals surface area contributed by atoms with E-state index in [9.17, 15) is 18.3 Å². The highest BCUT2D eigenvalue weighted by molar-refractivity contribution is 7.80. The minimum absolute atomic E-state index is 0.0432. The Bertz CT molecular complexity index is 872. The number of hydrogen-bond acceptors (Lipinski definition) is 10. The van der Waals surface area contributed by atoms with Crippen molar-refractivity contribution < 1.29 is 31.6 Å². The Balaban J connectivity index is 1.49. The molecular weight excluding hydrogens is 408 g/mol. The summed E-state index contributed by atoms with van der Waals surface area (Å²) < 4.78 is 41.5. The van der Waals surface area contributed by atoms with Crippen LogP contribution in [0.1, 0.15) is 43.2 Å². The van der Waals surface area contributed by atoms with Gasteiger partial charge in [0.2, 0.25) is 11.8 Å². The number of carbonyl (C=O) groups is 1. The summed E-state index contributed by atoms with van der Waals surface area (Å²) in [5.41, 5.74) is -0.319. The molecule has 162 valence electrons. The molecule has 3 heterocycles. The van der Waals surface area contributed by atoms with Gasteiger partial charge in [-0.25, -0.2) is 4.79 Å². The van der Waals surface area contributed by atoms with E-state index in [1.54, 1.807) is 0 Å². The molecule has 4 N–H and O–H groups in total. The zero-order chi connectivity index (χ0) is 20.8. The van der Waals surface area contributed by atoms with E-state index in [4.69, 9.17) is 8.97 Å². The highest BCUT2D eigenvalue weighted by Gasteiger charge is 2.64. The number of urea groups is 1. The predicted molar refractivity (Wildman–Crippen MR) is 95.4 cm³/mol. The van der Waals surface area contributed by atoms with Gasteiger partial charge in [0.25, 0.3) is 0 Å². The van der Waals surface area contributed by atoms with Crippen LogP contribution in [0.3, 0.4) is 0 Å². The van der Waals surface area contributed by atoms with Crippen LogP contribution in [0, 0.1) is 5.41 Å². The molecule has 2 amide bonds. The van der Waals surface area contributed by atoms with Crippen LogP contribution in [0.2, 0.25) is 0 Å². The van der Waals surface area contributed by atoms with Gasteiger partial charge in [-0.05, 0) is 31.7 Å². The van der Waals surface area contributed by atoms with E-state index < -0.39 is 34.6 Å². The molecule has 4 rings (SSSR count). The van der Waals surface area contributed by atoms with E-state index in [1.807, 2.05) is 7.05 Å². The van der Waals surface area contributed by atoms with Gasteiger partial charge in [-0.15, -0.1) is 14.5 Å². The zero-order valence-electron chi connectivity index (χ0n) is 15.8. The third kappa shape index (κ3) is 3.95. The van der Waals surface area contributed by atoms with Gasteiger partial charge >= 0.3 is 16.4 Å². The lowest BCUT2D eigenvalue weighted by Crippen LogP contribution is -2.43. The van der Waals surface area contributed by atoms with Gasteiger partial charge in [-0.1, -0.05) is 0 Å². The first kappa shape index (κ1) is 20.4. The molecule has 13 nitrogen and oxygen atoms in total. The van der Waals surface area contributed by atoms with Gasteiger partial charge in [0, 0.05) is 26.2 Å². The number of rotatable bonds is 9. The molecule has 2 saturated heterocycles. The highest BCUT2D eigenvalue weighted by atomic mass is 32.3. The van der Waals surface area contributed by atoms with Crippen molar-refractivity contribution >= 4 is 16.4 Å². The molecule has 1 saturated carbocycles.